The number of piperidine rings is 1. The molecule has 130 valence electrons. The zero-order valence-electron chi connectivity index (χ0n) is 14.5. The van der Waals surface area contributed by atoms with Crippen LogP contribution >= 0.6 is 0 Å². The van der Waals surface area contributed by atoms with Crippen LogP contribution in [0.1, 0.15) is 59.2 Å². The van der Waals surface area contributed by atoms with Gasteiger partial charge in [-0.25, -0.2) is 4.79 Å². The first-order valence-corrected chi connectivity index (χ1v) is 8.33. The third-order valence-corrected chi connectivity index (χ3v) is 3.90. The Labute approximate surface area is 137 Å². The molecule has 0 aromatic carbocycles. The number of aromatic nitrogens is 2. The van der Waals surface area contributed by atoms with E-state index in [-0.39, 0.29) is 18.2 Å². The molecule has 0 aliphatic carbocycles. The highest BCUT2D eigenvalue weighted by atomic mass is 16.6. The third kappa shape index (κ3) is 5.82. The molecule has 0 saturated carbocycles. The number of likely N-dealkylation sites (tertiary alicyclic amines) is 1. The molecule has 1 saturated heterocycles. The lowest BCUT2D eigenvalue weighted by molar-refractivity contribution is 0.00788. The maximum atomic E-state index is 12.4. The number of ether oxygens (including phenoxy) is 1. The molecule has 1 amide bonds. The maximum absolute atomic E-state index is 12.4. The minimum atomic E-state index is -0.457. The Bertz CT molecular complexity index is 484. The van der Waals surface area contributed by atoms with E-state index in [4.69, 9.17) is 9.26 Å². The van der Waals surface area contributed by atoms with Crippen molar-refractivity contribution >= 4 is 6.09 Å². The molecule has 1 aromatic rings. The largest absolute Gasteiger partial charge is 0.444 e. The van der Waals surface area contributed by atoms with Gasteiger partial charge in [-0.2, -0.15) is 4.98 Å². The minimum absolute atomic E-state index is 0.201. The summed E-state index contributed by atoms with van der Waals surface area (Å²) in [6.07, 6.45) is 5.23. The van der Waals surface area contributed by atoms with E-state index in [0.29, 0.717) is 12.4 Å². The number of rotatable bonds is 5. The molecular formula is C16H28N4O3. The Balaban J connectivity index is 1.86. The van der Waals surface area contributed by atoms with Gasteiger partial charge in [0.1, 0.15) is 5.60 Å². The van der Waals surface area contributed by atoms with Crippen molar-refractivity contribution in [2.45, 2.75) is 77.6 Å². The summed E-state index contributed by atoms with van der Waals surface area (Å²) in [5.74, 6) is 0.643. The first-order chi connectivity index (χ1) is 10.8. The van der Waals surface area contributed by atoms with Gasteiger partial charge in [0.2, 0.25) is 6.39 Å². The second kappa shape index (κ2) is 7.77. The van der Waals surface area contributed by atoms with Crippen molar-refractivity contribution in [2.24, 2.45) is 0 Å². The maximum Gasteiger partial charge on any atom is 0.410 e. The zero-order chi connectivity index (χ0) is 16.9. The SMILES string of the molecule is CC(CC1CCCCN1C(=O)OC(C)(C)C)NCc1ncon1. The van der Waals surface area contributed by atoms with Crippen molar-refractivity contribution in [2.75, 3.05) is 6.54 Å². The highest BCUT2D eigenvalue weighted by molar-refractivity contribution is 5.68. The van der Waals surface area contributed by atoms with Crippen molar-refractivity contribution in [3.63, 3.8) is 0 Å². The average molecular weight is 324 g/mol. The Kier molecular flexibility index (Phi) is 5.98. The van der Waals surface area contributed by atoms with Crippen molar-refractivity contribution in [3.8, 4) is 0 Å². The lowest BCUT2D eigenvalue weighted by Crippen LogP contribution is -2.48. The summed E-state index contributed by atoms with van der Waals surface area (Å²) in [6.45, 7) is 9.16. The van der Waals surface area contributed by atoms with Gasteiger partial charge in [-0.05, 0) is 53.4 Å². The molecule has 0 bridgehead atoms. The standard InChI is InChI=1S/C16H28N4O3/c1-12(17-10-14-18-11-22-19-14)9-13-7-5-6-8-20(13)15(21)23-16(2,3)4/h11-13,17H,5-10H2,1-4H3. The topological polar surface area (TPSA) is 80.5 Å². The number of nitrogens with zero attached hydrogens (tertiary/aromatic N) is 3. The van der Waals surface area contributed by atoms with Gasteiger partial charge in [0, 0.05) is 18.6 Å². The summed E-state index contributed by atoms with van der Waals surface area (Å²) < 4.78 is 10.3. The lowest BCUT2D eigenvalue weighted by atomic mass is 9.96. The van der Waals surface area contributed by atoms with Gasteiger partial charge in [-0.1, -0.05) is 5.16 Å². The van der Waals surface area contributed by atoms with Crippen LogP contribution in [0.5, 0.6) is 0 Å². The highest BCUT2D eigenvalue weighted by Crippen LogP contribution is 2.23. The minimum Gasteiger partial charge on any atom is -0.444 e. The van der Waals surface area contributed by atoms with Crippen LogP contribution in [-0.4, -0.2) is 45.4 Å². The van der Waals surface area contributed by atoms with E-state index in [2.05, 4.69) is 22.4 Å². The van der Waals surface area contributed by atoms with Gasteiger partial charge < -0.3 is 19.5 Å². The normalized spacial score (nSPS) is 20.3. The number of carbonyl (C=O) groups excluding carboxylic acids is 1. The van der Waals surface area contributed by atoms with Crippen LogP contribution in [0.3, 0.4) is 0 Å². The third-order valence-electron chi connectivity index (χ3n) is 3.90. The molecule has 7 nitrogen and oxygen atoms in total. The number of hydrogen-bond acceptors (Lipinski definition) is 6. The van der Waals surface area contributed by atoms with Gasteiger partial charge in [0.15, 0.2) is 5.82 Å². The predicted octanol–water partition coefficient (Wildman–Crippen LogP) is 2.73. The summed E-state index contributed by atoms with van der Waals surface area (Å²) in [5, 5.41) is 7.16. The van der Waals surface area contributed by atoms with E-state index in [9.17, 15) is 4.79 Å². The van der Waals surface area contributed by atoms with E-state index in [1.54, 1.807) is 0 Å². The fraction of sp³-hybridized carbons (Fsp3) is 0.812. The van der Waals surface area contributed by atoms with Gasteiger partial charge in [0.25, 0.3) is 0 Å². The van der Waals surface area contributed by atoms with Gasteiger partial charge in [-0.3, -0.25) is 0 Å². The molecule has 1 N–H and O–H groups in total. The predicted molar refractivity (Wildman–Crippen MR) is 85.8 cm³/mol. The van der Waals surface area contributed by atoms with E-state index in [0.717, 1.165) is 32.2 Å². The Hall–Kier alpha value is -1.63. The van der Waals surface area contributed by atoms with E-state index in [1.165, 1.54) is 6.39 Å². The molecule has 1 aliphatic rings. The van der Waals surface area contributed by atoms with Gasteiger partial charge in [-0.15, -0.1) is 0 Å². The number of carbonyl (C=O) groups is 1. The molecule has 23 heavy (non-hydrogen) atoms. The number of nitrogens with one attached hydrogen (secondary N) is 1. The lowest BCUT2D eigenvalue weighted by Gasteiger charge is -2.38. The second-order valence-electron chi connectivity index (χ2n) is 7.19. The molecule has 0 radical (unpaired) electrons. The van der Waals surface area contributed by atoms with Crippen LogP contribution in [0.15, 0.2) is 10.9 Å². The fourth-order valence-corrected chi connectivity index (χ4v) is 2.83. The summed E-state index contributed by atoms with van der Waals surface area (Å²) in [4.78, 5) is 18.3. The molecule has 2 heterocycles. The zero-order valence-corrected chi connectivity index (χ0v) is 14.5. The van der Waals surface area contributed by atoms with E-state index in [1.807, 2.05) is 25.7 Å². The van der Waals surface area contributed by atoms with Crippen LogP contribution in [0.2, 0.25) is 0 Å². The fourth-order valence-electron chi connectivity index (χ4n) is 2.83. The highest BCUT2D eigenvalue weighted by Gasteiger charge is 2.31. The van der Waals surface area contributed by atoms with Crippen molar-refractivity contribution < 1.29 is 14.1 Å². The quantitative estimate of drug-likeness (QED) is 0.897. The summed E-state index contributed by atoms with van der Waals surface area (Å²) in [5.41, 5.74) is -0.457. The summed E-state index contributed by atoms with van der Waals surface area (Å²) in [7, 11) is 0. The van der Waals surface area contributed by atoms with E-state index >= 15 is 0 Å². The second-order valence-corrected chi connectivity index (χ2v) is 7.19. The Morgan fingerprint density at radius 1 is 1.52 bits per heavy atom. The van der Waals surface area contributed by atoms with Crippen LogP contribution in [-0.2, 0) is 11.3 Å². The summed E-state index contributed by atoms with van der Waals surface area (Å²) in [6, 6.07) is 0.466. The molecule has 2 rings (SSSR count). The van der Waals surface area contributed by atoms with Crippen LogP contribution in [0.25, 0.3) is 0 Å². The number of hydrogen-bond donors (Lipinski definition) is 1. The van der Waals surface area contributed by atoms with Crippen molar-refractivity contribution in [3.05, 3.63) is 12.2 Å². The molecule has 1 fully saturated rings. The first-order valence-electron chi connectivity index (χ1n) is 8.33. The molecular weight excluding hydrogens is 296 g/mol. The number of amides is 1. The van der Waals surface area contributed by atoms with Crippen LogP contribution in [0, 0.1) is 0 Å². The molecule has 2 unspecified atom stereocenters. The van der Waals surface area contributed by atoms with Gasteiger partial charge >= 0.3 is 6.09 Å². The molecule has 0 spiro atoms. The average Bonchev–Trinajstić information content (AvgIpc) is 2.97. The molecule has 2 atom stereocenters. The molecule has 1 aromatic heterocycles. The monoisotopic (exact) mass is 324 g/mol. The molecule has 7 heteroatoms. The molecule has 1 aliphatic heterocycles. The van der Waals surface area contributed by atoms with Gasteiger partial charge in [0.05, 0.1) is 6.54 Å². The van der Waals surface area contributed by atoms with Crippen LogP contribution < -0.4 is 5.32 Å². The van der Waals surface area contributed by atoms with E-state index < -0.39 is 5.60 Å². The Morgan fingerprint density at radius 2 is 2.30 bits per heavy atom. The first kappa shape index (κ1) is 17.7. The van der Waals surface area contributed by atoms with Crippen molar-refractivity contribution in [1.82, 2.24) is 20.4 Å². The van der Waals surface area contributed by atoms with Crippen molar-refractivity contribution in [1.29, 1.82) is 0 Å². The summed E-state index contributed by atoms with van der Waals surface area (Å²) >= 11 is 0. The smallest absolute Gasteiger partial charge is 0.410 e. The Morgan fingerprint density at radius 3 is 2.96 bits per heavy atom. The van der Waals surface area contributed by atoms with Crippen LogP contribution in [0.4, 0.5) is 4.79 Å².